The van der Waals surface area contributed by atoms with Crippen molar-refractivity contribution in [2.45, 2.75) is 33.6 Å². The highest BCUT2D eigenvalue weighted by atomic mass is 35.5. The summed E-state index contributed by atoms with van der Waals surface area (Å²) in [6, 6.07) is 0. The molecule has 0 spiro atoms. The van der Waals surface area contributed by atoms with Crippen LogP contribution in [0, 0.1) is 13.8 Å². The van der Waals surface area contributed by atoms with Gasteiger partial charge in [0, 0.05) is 15.6 Å². The van der Waals surface area contributed by atoms with E-state index in [4.69, 9.17) is 21.1 Å². The lowest BCUT2D eigenvalue weighted by molar-refractivity contribution is -0.146. The second-order valence-electron chi connectivity index (χ2n) is 4.24. The van der Waals surface area contributed by atoms with E-state index in [2.05, 4.69) is 0 Å². The number of carbonyl (C=O) groups excluding carboxylic acids is 2. The Labute approximate surface area is 133 Å². The molecule has 0 bridgehead atoms. The Morgan fingerprint density at radius 2 is 1.62 bits per heavy atom. The number of aryl methyl sites for hydroxylation is 2. The summed E-state index contributed by atoms with van der Waals surface area (Å²) in [5.41, 5.74) is 1.61. The van der Waals surface area contributed by atoms with Crippen molar-refractivity contribution in [3.8, 4) is 0 Å². The predicted octanol–water partition coefficient (Wildman–Crippen LogP) is 3.61. The van der Waals surface area contributed by atoms with E-state index in [0.717, 1.165) is 20.9 Å². The van der Waals surface area contributed by atoms with Gasteiger partial charge in [-0.1, -0.05) is 0 Å². The molecule has 0 atom stereocenters. The lowest BCUT2D eigenvalue weighted by Gasteiger charge is -2.07. The van der Waals surface area contributed by atoms with Crippen LogP contribution in [0.2, 0.25) is 0 Å². The van der Waals surface area contributed by atoms with Gasteiger partial charge in [0.2, 0.25) is 0 Å². The van der Waals surface area contributed by atoms with Gasteiger partial charge in [0.15, 0.2) is 0 Å². The molecule has 116 valence electrons. The van der Waals surface area contributed by atoms with Crippen LogP contribution in [0.1, 0.15) is 34.7 Å². The van der Waals surface area contributed by atoms with Gasteiger partial charge in [-0.25, -0.2) is 9.59 Å². The lowest BCUT2D eigenvalue weighted by atomic mass is 10.1. The van der Waals surface area contributed by atoms with Crippen LogP contribution in [0.15, 0.2) is 5.57 Å². The summed E-state index contributed by atoms with van der Waals surface area (Å²) in [5.74, 6) is -1.04. The fourth-order valence-corrected chi connectivity index (χ4v) is 3.35. The summed E-state index contributed by atoms with van der Waals surface area (Å²) in [6.07, 6.45) is 1.52. The first-order valence-electron chi connectivity index (χ1n) is 6.66. The van der Waals surface area contributed by atoms with E-state index in [0.29, 0.717) is 5.88 Å². The van der Waals surface area contributed by atoms with Crippen LogP contribution in [-0.2, 0) is 24.9 Å². The number of hydrogen-bond acceptors (Lipinski definition) is 5. The lowest BCUT2D eigenvalue weighted by Crippen LogP contribution is -2.18. The van der Waals surface area contributed by atoms with Gasteiger partial charge in [0.1, 0.15) is 5.57 Å². The third-order valence-electron chi connectivity index (χ3n) is 2.85. The van der Waals surface area contributed by atoms with Crippen molar-refractivity contribution in [1.29, 1.82) is 0 Å². The fourth-order valence-electron chi connectivity index (χ4n) is 1.87. The zero-order valence-corrected chi connectivity index (χ0v) is 14.2. The Bertz CT molecular complexity index is 540. The van der Waals surface area contributed by atoms with Crippen LogP contribution >= 0.6 is 22.9 Å². The third-order valence-corrected chi connectivity index (χ3v) is 4.19. The van der Waals surface area contributed by atoms with Crippen molar-refractivity contribution in [3.05, 3.63) is 26.5 Å². The van der Waals surface area contributed by atoms with Crippen LogP contribution in [0.4, 0.5) is 0 Å². The standard InChI is InChI=1S/C15H19ClO4S/c1-5-19-14(17)12(15(18)20-6-2)7-11-9(3)21-10(4)13(11)8-16/h7H,5-6,8H2,1-4H3. The molecule has 1 aromatic rings. The van der Waals surface area contributed by atoms with Gasteiger partial charge in [-0.15, -0.1) is 22.9 Å². The highest BCUT2D eigenvalue weighted by molar-refractivity contribution is 7.12. The van der Waals surface area contributed by atoms with Crippen molar-refractivity contribution in [1.82, 2.24) is 0 Å². The number of esters is 2. The molecule has 0 aliphatic heterocycles. The number of halogens is 1. The summed E-state index contributed by atoms with van der Waals surface area (Å²) in [4.78, 5) is 26.0. The Kier molecular flexibility index (Phi) is 6.92. The minimum atomic E-state index is -0.681. The van der Waals surface area contributed by atoms with Gasteiger partial charge in [-0.3, -0.25) is 0 Å². The quantitative estimate of drug-likeness (QED) is 0.263. The molecule has 0 saturated carbocycles. The predicted molar refractivity (Wildman–Crippen MR) is 84.6 cm³/mol. The molecule has 0 unspecified atom stereocenters. The van der Waals surface area contributed by atoms with Crippen LogP contribution in [0.3, 0.4) is 0 Å². The number of carbonyl (C=O) groups is 2. The van der Waals surface area contributed by atoms with Crippen molar-refractivity contribution in [2.24, 2.45) is 0 Å². The molecule has 0 radical (unpaired) electrons. The smallest absolute Gasteiger partial charge is 0.345 e. The summed E-state index contributed by atoms with van der Waals surface area (Å²) in [5, 5.41) is 0. The van der Waals surface area contributed by atoms with Gasteiger partial charge >= 0.3 is 11.9 Å². The van der Waals surface area contributed by atoms with E-state index in [9.17, 15) is 9.59 Å². The van der Waals surface area contributed by atoms with E-state index in [1.54, 1.807) is 25.2 Å². The van der Waals surface area contributed by atoms with Gasteiger partial charge in [-0.2, -0.15) is 0 Å². The average molecular weight is 331 g/mol. The molecule has 0 fully saturated rings. The van der Waals surface area contributed by atoms with E-state index in [1.165, 1.54) is 6.08 Å². The van der Waals surface area contributed by atoms with Crippen LogP contribution in [-0.4, -0.2) is 25.2 Å². The molecule has 1 aromatic heterocycles. The largest absolute Gasteiger partial charge is 0.462 e. The molecular formula is C15H19ClO4S. The molecule has 1 rings (SSSR count). The van der Waals surface area contributed by atoms with Crippen molar-refractivity contribution >= 4 is 41.0 Å². The van der Waals surface area contributed by atoms with Gasteiger partial charge < -0.3 is 9.47 Å². The highest BCUT2D eigenvalue weighted by Crippen LogP contribution is 2.31. The van der Waals surface area contributed by atoms with Gasteiger partial charge in [0.05, 0.1) is 13.2 Å². The number of hydrogen-bond donors (Lipinski definition) is 0. The molecule has 0 aliphatic rings. The molecule has 4 nitrogen and oxygen atoms in total. The average Bonchev–Trinajstić information content (AvgIpc) is 2.69. The number of thiophene rings is 1. The second-order valence-corrected chi connectivity index (χ2v) is 5.94. The maximum absolute atomic E-state index is 12.0. The van der Waals surface area contributed by atoms with E-state index >= 15 is 0 Å². The molecule has 0 aliphatic carbocycles. The molecule has 1 heterocycles. The minimum absolute atomic E-state index is 0.106. The zero-order valence-electron chi connectivity index (χ0n) is 12.6. The topological polar surface area (TPSA) is 52.6 Å². The first-order valence-corrected chi connectivity index (χ1v) is 8.02. The first kappa shape index (κ1) is 17.7. The van der Waals surface area contributed by atoms with Crippen LogP contribution in [0.5, 0.6) is 0 Å². The molecule has 0 amide bonds. The summed E-state index contributed by atoms with van der Waals surface area (Å²) in [7, 11) is 0. The van der Waals surface area contributed by atoms with Crippen molar-refractivity contribution < 1.29 is 19.1 Å². The molecule has 0 aromatic carbocycles. The third kappa shape index (κ3) is 4.32. The normalized spacial score (nSPS) is 10.1. The van der Waals surface area contributed by atoms with E-state index in [-0.39, 0.29) is 18.8 Å². The Morgan fingerprint density at radius 3 is 2.05 bits per heavy atom. The van der Waals surface area contributed by atoms with E-state index in [1.807, 2.05) is 13.8 Å². The van der Waals surface area contributed by atoms with E-state index < -0.39 is 11.9 Å². The molecule has 0 N–H and O–H groups in total. The molecule has 6 heteroatoms. The monoisotopic (exact) mass is 330 g/mol. The Balaban J connectivity index is 3.31. The Hall–Kier alpha value is -1.33. The van der Waals surface area contributed by atoms with Crippen LogP contribution in [0.25, 0.3) is 6.08 Å². The Morgan fingerprint density at radius 1 is 1.10 bits per heavy atom. The number of alkyl halides is 1. The molecular weight excluding hydrogens is 312 g/mol. The van der Waals surface area contributed by atoms with Crippen molar-refractivity contribution in [3.63, 3.8) is 0 Å². The number of ether oxygens (including phenoxy) is 2. The maximum atomic E-state index is 12.0. The first-order chi connectivity index (χ1) is 9.96. The maximum Gasteiger partial charge on any atom is 0.345 e. The summed E-state index contributed by atoms with van der Waals surface area (Å²) < 4.78 is 9.85. The number of rotatable bonds is 6. The van der Waals surface area contributed by atoms with Crippen LogP contribution < -0.4 is 0 Å². The fraction of sp³-hybridized carbons (Fsp3) is 0.467. The zero-order chi connectivity index (χ0) is 16.0. The van der Waals surface area contributed by atoms with Gasteiger partial charge in [0.25, 0.3) is 0 Å². The van der Waals surface area contributed by atoms with Gasteiger partial charge in [-0.05, 0) is 44.9 Å². The molecule has 0 saturated heterocycles. The SMILES string of the molecule is CCOC(=O)C(=Cc1c(C)sc(C)c1CCl)C(=O)OCC. The summed E-state index contributed by atoms with van der Waals surface area (Å²) >= 11 is 7.54. The highest BCUT2D eigenvalue weighted by Gasteiger charge is 2.23. The van der Waals surface area contributed by atoms with Crippen molar-refractivity contribution in [2.75, 3.05) is 13.2 Å². The minimum Gasteiger partial charge on any atom is -0.462 e. The second kappa shape index (κ2) is 8.20. The molecule has 21 heavy (non-hydrogen) atoms. The summed E-state index contributed by atoms with van der Waals surface area (Å²) in [6.45, 7) is 7.64.